The Morgan fingerprint density at radius 3 is 2.86 bits per heavy atom. The highest BCUT2D eigenvalue weighted by molar-refractivity contribution is 5.50. The van der Waals surface area contributed by atoms with Crippen molar-refractivity contribution in [2.45, 2.75) is 12.5 Å². The fourth-order valence-corrected chi connectivity index (χ4v) is 3.84. The topological polar surface area (TPSA) is 87.9 Å². The highest BCUT2D eigenvalue weighted by atomic mass is 16.5. The summed E-state index contributed by atoms with van der Waals surface area (Å²) in [6.45, 7) is 4.64. The lowest BCUT2D eigenvalue weighted by Crippen LogP contribution is -2.37. The first kappa shape index (κ1) is 17.9. The third-order valence-corrected chi connectivity index (χ3v) is 5.36. The second-order valence-corrected chi connectivity index (χ2v) is 7.30. The summed E-state index contributed by atoms with van der Waals surface area (Å²) in [6.07, 6.45) is 4.48. The maximum atomic E-state index is 12.4. The number of anilines is 3. The molecule has 150 valence electrons. The zero-order valence-corrected chi connectivity index (χ0v) is 16.1. The van der Waals surface area contributed by atoms with Crippen LogP contribution in [0.15, 0.2) is 47.5 Å². The molecule has 5 rings (SSSR count). The van der Waals surface area contributed by atoms with E-state index in [0.717, 1.165) is 50.2 Å². The van der Waals surface area contributed by atoms with Crippen LogP contribution in [0.25, 0.3) is 5.65 Å². The molecular weight excluding hydrogens is 370 g/mol. The fraction of sp³-hybridized carbons (Fsp3) is 0.400. The minimum Gasteiger partial charge on any atom is -0.378 e. The molecule has 1 unspecified atom stereocenters. The van der Waals surface area contributed by atoms with Crippen LogP contribution in [-0.4, -0.2) is 64.8 Å². The first-order valence-corrected chi connectivity index (χ1v) is 9.92. The average Bonchev–Trinajstić information content (AvgIpc) is 3.23. The van der Waals surface area contributed by atoms with E-state index in [9.17, 15) is 4.79 Å². The van der Waals surface area contributed by atoms with Crippen LogP contribution in [0.5, 0.6) is 0 Å². The van der Waals surface area contributed by atoms with Crippen LogP contribution >= 0.6 is 0 Å². The van der Waals surface area contributed by atoms with E-state index in [1.165, 1.54) is 0 Å². The van der Waals surface area contributed by atoms with E-state index >= 15 is 0 Å². The number of fused-ring (bicyclic) bond motifs is 1. The molecule has 9 heteroatoms. The molecule has 0 aromatic carbocycles. The van der Waals surface area contributed by atoms with E-state index in [1.54, 1.807) is 22.9 Å². The molecular formula is C20H23N7O2. The average molecular weight is 393 g/mol. The maximum Gasteiger partial charge on any atom is 0.259 e. The first-order valence-electron chi connectivity index (χ1n) is 9.92. The van der Waals surface area contributed by atoms with Crippen LogP contribution in [0.2, 0.25) is 0 Å². The number of nitrogens with zero attached hydrogens (tertiary/aromatic N) is 6. The van der Waals surface area contributed by atoms with Gasteiger partial charge in [0.1, 0.15) is 17.3 Å². The van der Waals surface area contributed by atoms with Crippen molar-refractivity contribution in [3.63, 3.8) is 0 Å². The summed E-state index contributed by atoms with van der Waals surface area (Å²) in [4.78, 5) is 30.4. The van der Waals surface area contributed by atoms with Gasteiger partial charge in [-0.25, -0.2) is 9.97 Å². The van der Waals surface area contributed by atoms with Crippen molar-refractivity contribution >= 4 is 23.2 Å². The van der Waals surface area contributed by atoms with Crippen LogP contribution < -0.4 is 20.7 Å². The molecule has 2 saturated heterocycles. The van der Waals surface area contributed by atoms with Gasteiger partial charge in [-0.1, -0.05) is 6.07 Å². The van der Waals surface area contributed by atoms with Gasteiger partial charge in [0, 0.05) is 50.7 Å². The number of ether oxygens (including phenoxy) is 1. The molecule has 2 aliphatic heterocycles. The largest absolute Gasteiger partial charge is 0.378 e. The van der Waals surface area contributed by atoms with Crippen molar-refractivity contribution in [3.05, 3.63) is 53.1 Å². The van der Waals surface area contributed by atoms with Crippen LogP contribution in [-0.2, 0) is 4.74 Å². The Morgan fingerprint density at radius 1 is 1.07 bits per heavy atom. The van der Waals surface area contributed by atoms with E-state index in [1.807, 2.05) is 24.3 Å². The molecule has 0 spiro atoms. The number of pyridine rings is 1. The van der Waals surface area contributed by atoms with Gasteiger partial charge in [-0.05, 0) is 24.6 Å². The maximum absolute atomic E-state index is 12.4. The number of rotatable bonds is 4. The Hall–Kier alpha value is -3.20. The lowest BCUT2D eigenvalue weighted by Gasteiger charge is -2.27. The number of hydrogen-bond donors (Lipinski definition) is 1. The van der Waals surface area contributed by atoms with E-state index in [0.29, 0.717) is 18.9 Å². The van der Waals surface area contributed by atoms with Crippen molar-refractivity contribution in [2.75, 3.05) is 54.5 Å². The SMILES string of the molecule is O=c1cc(N2CCC(Nc3ccnc(N4CCOCC4)n3)C2)nc2ccccn12. The predicted molar refractivity (Wildman–Crippen MR) is 111 cm³/mol. The van der Waals surface area contributed by atoms with Gasteiger partial charge in [0.15, 0.2) is 0 Å². The van der Waals surface area contributed by atoms with Gasteiger partial charge in [-0.3, -0.25) is 9.20 Å². The Morgan fingerprint density at radius 2 is 1.97 bits per heavy atom. The van der Waals surface area contributed by atoms with Crippen molar-refractivity contribution in [1.82, 2.24) is 19.4 Å². The molecule has 0 radical (unpaired) electrons. The van der Waals surface area contributed by atoms with Crippen LogP contribution in [0.3, 0.4) is 0 Å². The number of hydrogen-bond acceptors (Lipinski definition) is 8. The van der Waals surface area contributed by atoms with E-state index in [4.69, 9.17) is 4.74 Å². The second-order valence-electron chi connectivity index (χ2n) is 7.30. The van der Waals surface area contributed by atoms with Crippen molar-refractivity contribution in [2.24, 2.45) is 0 Å². The summed E-state index contributed by atoms with van der Waals surface area (Å²) in [6, 6.07) is 9.31. The van der Waals surface area contributed by atoms with Crippen molar-refractivity contribution in [1.29, 1.82) is 0 Å². The summed E-state index contributed by atoms with van der Waals surface area (Å²) < 4.78 is 6.96. The van der Waals surface area contributed by atoms with Gasteiger partial charge in [-0.2, -0.15) is 4.98 Å². The smallest absolute Gasteiger partial charge is 0.259 e. The van der Waals surface area contributed by atoms with Gasteiger partial charge in [-0.15, -0.1) is 0 Å². The van der Waals surface area contributed by atoms with Gasteiger partial charge in [0.05, 0.1) is 13.2 Å². The van der Waals surface area contributed by atoms with Crippen LogP contribution in [0.1, 0.15) is 6.42 Å². The lowest BCUT2D eigenvalue weighted by atomic mass is 10.2. The predicted octanol–water partition coefficient (Wildman–Crippen LogP) is 1.01. The lowest BCUT2D eigenvalue weighted by molar-refractivity contribution is 0.122. The number of aromatic nitrogens is 4. The molecule has 9 nitrogen and oxygen atoms in total. The van der Waals surface area contributed by atoms with Gasteiger partial charge < -0.3 is 19.9 Å². The summed E-state index contributed by atoms with van der Waals surface area (Å²) in [5, 5.41) is 3.51. The number of morpholine rings is 1. The third kappa shape index (κ3) is 3.73. The third-order valence-electron chi connectivity index (χ3n) is 5.36. The molecule has 3 aromatic heterocycles. The summed E-state index contributed by atoms with van der Waals surface area (Å²) in [5.41, 5.74) is 0.602. The molecule has 3 aromatic rings. The first-order chi connectivity index (χ1) is 14.3. The molecule has 29 heavy (non-hydrogen) atoms. The Kier molecular flexibility index (Phi) is 4.73. The zero-order chi connectivity index (χ0) is 19.6. The fourth-order valence-electron chi connectivity index (χ4n) is 3.84. The van der Waals surface area contributed by atoms with Gasteiger partial charge in [0.2, 0.25) is 5.95 Å². The van der Waals surface area contributed by atoms with Gasteiger partial charge >= 0.3 is 0 Å². The highest BCUT2D eigenvalue weighted by Crippen LogP contribution is 2.21. The molecule has 0 aliphatic carbocycles. The Balaban J connectivity index is 1.29. The van der Waals surface area contributed by atoms with Gasteiger partial charge in [0.25, 0.3) is 5.56 Å². The molecule has 0 saturated carbocycles. The standard InChI is InChI=1S/C20H23N7O2/c28-19-13-18(24-17-3-1-2-7-27(17)19)26-8-5-15(14-26)22-16-4-6-21-20(23-16)25-9-11-29-12-10-25/h1-4,6-7,13,15H,5,8-12,14H2,(H,21,22,23). The van der Waals surface area contributed by atoms with E-state index in [-0.39, 0.29) is 11.6 Å². The molecule has 0 amide bonds. The summed E-state index contributed by atoms with van der Waals surface area (Å²) in [7, 11) is 0. The highest BCUT2D eigenvalue weighted by Gasteiger charge is 2.25. The van der Waals surface area contributed by atoms with Crippen LogP contribution in [0, 0.1) is 0 Å². The molecule has 0 bridgehead atoms. The monoisotopic (exact) mass is 393 g/mol. The molecule has 2 aliphatic rings. The second kappa shape index (κ2) is 7.67. The zero-order valence-electron chi connectivity index (χ0n) is 16.1. The quantitative estimate of drug-likeness (QED) is 0.703. The molecule has 1 atom stereocenters. The van der Waals surface area contributed by atoms with Crippen molar-refractivity contribution in [3.8, 4) is 0 Å². The normalized spacial score (nSPS) is 19.7. The Labute approximate surface area is 168 Å². The van der Waals surface area contributed by atoms with E-state index < -0.39 is 0 Å². The van der Waals surface area contributed by atoms with Crippen LogP contribution in [0.4, 0.5) is 17.6 Å². The molecule has 5 heterocycles. The minimum absolute atomic E-state index is 0.0621. The Bertz CT molecular complexity index is 1060. The van der Waals surface area contributed by atoms with E-state index in [2.05, 4.69) is 30.1 Å². The molecule has 1 N–H and O–H groups in total. The molecule has 2 fully saturated rings. The summed E-state index contributed by atoms with van der Waals surface area (Å²) in [5.74, 6) is 2.28. The van der Waals surface area contributed by atoms with Crippen molar-refractivity contribution < 1.29 is 4.74 Å². The minimum atomic E-state index is -0.0621. The summed E-state index contributed by atoms with van der Waals surface area (Å²) >= 11 is 0. The number of nitrogens with one attached hydrogen (secondary N) is 1.